The van der Waals surface area contributed by atoms with Gasteiger partial charge < -0.3 is 9.84 Å². The summed E-state index contributed by atoms with van der Waals surface area (Å²) in [5, 5.41) is 7.18. The maximum atomic E-state index is 12.7. The van der Waals surface area contributed by atoms with E-state index in [1.807, 2.05) is 32.9 Å². The van der Waals surface area contributed by atoms with Gasteiger partial charge in [-0.25, -0.2) is 8.42 Å². The van der Waals surface area contributed by atoms with Gasteiger partial charge in [0.2, 0.25) is 15.9 Å². The number of amides is 1. The van der Waals surface area contributed by atoms with E-state index in [1.54, 1.807) is 6.07 Å². The Balaban J connectivity index is 1.81. The third-order valence-electron chi connectivity index (χ3n) is 4.61. The lowest BCUT2D eigenvalue weighted by atomic mass is 10.1. The molecule has 0 fully saturated rings. The Kier molecular flexibility index (Phi) is 6.78. The van der Waals surface area contributed by atoms with E-state index in [1.165, 1.54) is 31.3 Å². The van der Waals surface area contributed by atoms with Gasteiger partial charge in [-0.2, -0.15) is 9.29 Å². The van der Waals surface area contributed by atoms with Crippen LogP contribution in [0, 0.1) is 6.92 Å². The molecule has 2 aromatic carbocycles. The molecular formula is C21H23ClN4O4S. The van der Waals surface area contributed by atoms with E-state index in [9.17, 15) is 13.2 Å². The molecule has 0 saturated carbocycles. The molecular weight excluding hydrogens is 440 g/mol. The van der Waals surface area contributed by atoms with Gasteiger partial charge in [-0.3, -0.25) is 4.79 Å². The molecule has 164 valence electrons. The molecule has 3 rings (SSSR count). The van der Waals surface area contributed by atoms with Crippen molar-refractivity contribution in [1.82, 2.24) is 14.4 Å². The third kappa shape index (κ3) is 5.12. The average molecular weight is 463 g/mol. The van der Waals surface area contributed by atoms with Crippen molar-refractivity contribution < 1.29 is 17.7 Å². The van der Waals surface area contributed by atoms with Gasteiger partial charge in [0.1, 0.15) is 0 Å². The van der Waals surface area contributed by atoms with Crippen molar-refractivity contribution in [3.8, 4) is 11.5 Å². The van der Waals surface area contributed by atoms with E-state index < -0.39 is 15.9 Å². The zero-order valence-corrected chi connectivity index (χ0v) is 19.2. The summed E-state index contributed by atoms with van der Waals surface area (Å²) in [4.78, 5) is 17.1. The zero-order valence-electron chi connectivity index (χ0n) is 17.6. The second-order valence-electron chi connectivity index (χ2n) is 7.37. The minimum absolute atomic E-state index is 0.0517. The van der Waals surface area contributed by atoms with Crippen molar-refractivity contribution in [3.05, 3.63) is 58.9 Å². The Bertz CT molecular complexity index is 1190. The van der Waals surface area contributed by atoms with Crippen LogP contribution in [0.4, 0.5) is 5.69 Å². The average Bonchev–Trinajstić information content (AvgIpc) is 3.20. The number of sulfonamides is 1. The van der Waals surface area contributed by atoms with E-state index in [0.29, 0.717) is 22.1 Å². The maximum Gasteiger partial charge on any atom is 0.260 e. The largest absolute Gasteiger partial charge is 0.334 e. The number of carbonyl (C=O) groups is 1. The molecule has 0 spiro atoms. The second kappa shape index (κ2) is 9.17. The number of aromatic nitrogens is 2. The van der Waals surface area contributed by atoms with Crippen molar-refractivity contribution in [2.24, 2.45) is 0 Å². The van der Waals surface area contributed by atoms with Gasteiger partial charge in [-0.15, -0.1) is 0 Å². The lowest BCUT2D eigenvalue weighted by Gasteiger charge is -2.18. The highest BCUT2D eigenvalue weighted by Crippen LogP contribution is 2.30. The van der Waals surface area contributed by atoms with Crippen LogP contribution in [0.1, 0.15) is 31.2 Å². The van der Waals surface area contributed by atoms with Crippen LogP contribution in [0.3, 0.4) is 0 Å². The molecule has 1 heterocycles. The number of halogens is 1. The quantitative estimate of drug-likeness (QED) is 0.567. The number of anilines is 1. The molecule has 8 nitrogen and oxygen atoms in total. The summed E-state index contributed by atoms with van der Waals surface area (Å²) >= 11 is 5.83. The molecule has 0 bridgehead atoms. The summed E-state index contributed by atoms with van der Waals surface area (Å²) in [6, 6.07) is 11.2. The number of aryl methyl sites for hydroxylation is 1. The number of para-hydroxylation sites is 1. The highest BCUT2D eigenvalue weighted by Gasteiger charge is 2.24. The minimum Gasteiger partial charge on any atom is -0.334 e. The fourth-order valence-electron chi connectivity index (χ4n) is 2.84. The molecule has 0 aliphatic heterocycles. The van der Waals surface area contributed by atoms with Crippen LogP contribution in [-0.2, 0) is 14.8 Å². The van der Waals surface area contributed by atoms with Crippen molar-refractivity contribution in [2.75, 3.05) is 18.9 Å². The minimum atomic E-state index is -3.85. The van der Waals surface area contributed by atoms with Gasteiger partial charge >= 0.3 is 0 Å². The van der Waals surface area contributed by atoms with Crippen molar-refractivity contribution in [3.63, 3.8) is 0 Å². The first-order chi connectivity index (χ1) is 14.6. The molecule has 10 heteroatoms. The number of hydrogen-bond donors (Lipinski definition) is 1. The standard InChI is InChI=1S/C21H23ClN4O4S/c1-13(2)20-24-21(30-25-20)17-7-5-6-14(3)19(17)23-18(27)12-26(4)31(28,29)16-10-8-15(22)9-11-16/h5-11,13H,12H2,1-4H3,(H,23,27). The monoisotopic (exact) mass is 462 g/mol. The molecule has 0 unspecified atom stereocenters. The zero-order chi connectivity index (χ0) is 22.8. The summed E-state index contributed by atoms with van der Waals surface area (Å²) in [7, 11) is -2.51. The number of benzene rings is 2. The molecule has 0 saturated heterocycles. The van der Waals surface area contributed by atoms with Gasteiger partial charge in [-0.1, -0.05) is 42.7 Å². The molecule has 1 amide bonds. The van der Waals surface area contributed by atoms with Crippen LogP contribution in [0.25, 0.3) is 11.5 Å². The van der Waals surface area contributed by atoms with Crippen molar-refractivity contribution in [1.29, 1.82) is 0 Å². The van der Waals surface area contributed by atoms with Crippen LogP contribution < -0.4 is 5.32 Å². The third-order valence-corrected chi connectivity index (χ3v) is 6.68. The Morgan fingerprint density at radius 1 is 1.19 bits per heavy atom. The van der Waals surface area contributed by atoms with Crippen LogP contribution in [0.15, 0.2) is 51.9 Å². The number of nitrogens with one attached hydrogen (secondary N) is 1. The normalized spacial score (nSPS) is 11.8. The highest BCUT2D eigenvalue weighted by atomic mass is 35.5. The molecule has 1 N–H and O–H groups in total. The van der Waals surface area contributed by atoms with Gasteiger partial charge in [0.25, 0.3) is 5.89 Å². The topological polar surface area (TPSA) is 105 Å². The van der Waals surface area contributed by atoms with Gasteiger partial charge in [0.15, 0.2) is 5.82 Å². The van der Waals surface area contributed by atoms with E-state index in [2.05, 4.69) is 15.5 Å². The van der Waals surface area contributed by atoms with Crippen molar-refractivity contribution in [2.45, 2.75) is 31.6 Å². The maximum absolute atomic E-state index is 12.7. The van der Waals surface area contributed by atoms with Gasteiger partial charge in [0, 0.05) is 18.0 Å². The highest BCUT2D eigenvalue weighted by molar-refractivity contribution is 7.89. The van der Waals surface area contributed by atoms with Gasteiger partial charge in [0.05, 0.1) is 22.7 Å². The first-order valence-corrected chi connectivity index (χ1v) is 11.4. The Labute approximate surface area is 186 Å². The van der Waals surface area contributed by atoms with E-state index >= 15 is 0 Å². The van der Waals surface area contributed by atoms with Crippen LogP contribution >= 0.6 is 11.6 Å². The number of likely N-dealkylation sites (N-methyl/N-ethyl adjacent to an activating group) is 1. The molecule has 0 aliphatic carbocycles. The Morgan fingerprint density at radius 2 is 1.87 bits per heavy atom. The Morgan fingerprint density at radius 3 is 2.48 bits per heavy atom. The summed E-state index contributed by atoms with van der Waals surface area (Å²) in [6.07, 6.45) is 0. The molecule has 1 aromatic heterocycles. The number of rotatable bonds is 7. The summed E-state index contributed by atoms with van der Waals surface area (Å²) < 4.78 is 31.8. The molecule has 0 aliphatic rings. The smallest absolute Gasteiger partial charge is 0.260 e. The van der Waals surface area contributed by atoms with E-state index in [4.69, 9.17) is 16.1 Å². The summed E-state index contributed by atoms with van der Waals surface area (Å²) in [6.45, 7) is 5.35. The lowest BCUT2D eigenvalue weighted by molar-refractivity contribution is -0.116. The SMILES string of the molecule is Cc1cccc(-c2nc(C(C)C)no2)c1NC(=O)CN(C)S(=O)(=O)c1ccc(Cl)cc1. The fraction of sp³-hybridized carbons (Fsp3) is 0.286. The predicted molar refractivity (Wildman–Crippen MR) is 118 cm³/mol. The number of nitrogens with zero attached hydrogens (tertiary/aromatic N) is 3. The van der Waals surface area contributed by atoms with Crippen LogP contribution in [-0.4, -0.2) is 42.4 Å². The Hall–Kier alpha value is -2.75. The predicted octanol–water partition coefficient (Wildman–Crippen LogP) is 4.08. The molecule has 0 atom stereocenters. The first kappa shape index (κ1) is 22.9. The van der Waals surface area contributed by atoms with Gasteiger partial charge in [-0.05, 0) is 42.8 Å². The first-order valence-electron chi connectivity index (χ1n) is 9.55. The molecule has 0 radical (unpaired) electrons. The second-order valence-corrected chi connectivity index (χ2v) is 9.85. The van der Waals surface area contributed by atoms with E-state index in [-0.39, 0.29) is 23.2 Å². The molecule has 3 aromatic rings. The van der Waals surface area contributed by atoms with Crippen LogP contribution in [0.5, 0.6) is 0 Å². The fourth-order valence-corrected chi connectivity index (χ4v) is 4.10. The number of carbonyl (C=O) groups excluding carboxylic acids is 1. The van der Waals surface area contributed by atoms with Crippen molar-refractivity contribution >= 4 is 33.2 Å². The summed E-state index contributed by atoms with van der Waals surface area (Å²) in [5.41, 5.74) is 1.83. The lowest BCUT2D eigenvalue weighted by Crippen LogP contribution is -2.35. The number of hydrogen-bond acceptors (Lipinski definition) is 6. The van der Waals surface area contributed by atoms with E-state index in [0.717, 1.165) is 9.87 Å². The molecule has 31 heavy (non-hydrogen) atoms. The van der Waals surface area contributed by atoms with Crippen LogP contribution in [0.2, 0.25) is 5.02 Å². The summed E-state index contributed by atoms with van der Waals surface area (Å²) in [5.74, 6) is 0.429.